The van der Waals surface area contributed by atoms with Gasteiger partial charge in [-0.25, -0.2) is 0 Å². The lowest BCUT2D eigenvalue weighted by Crippen LogP contribution is -2.05. The van der Waals surface area contributed by atoms with Crippen molar-refractivity contribution in [3.05, 3.63) is 64.2 Å². The first-order valence-electron chi connectivity index (χ1n) is 7.52. The highest BCUT2D eigenvalue weighted by atomic mass is 79.9. The fourth-order valence-electron chi connectivity index (χ4n) is 2.97. The standard InChI is InChI=1S/C19H21BrO/c1-12-4-5-13(2)16(8-12)11-18(20)15-6-7-19-17(10-15)9-14(3)21-19/h4-8,10,14,18H,9,11H2,1-3H3. The minimum absolute atomic E-state index is 0.308. The molecule has 2 heteroatoms. The molecule has 1 aliphatic rings. The lowest BCUT2D eigenvalue weighted by molar-refractivity contribution is 0.254. The molecule has 2 atom stereocenters. The van der Waals surface area contributed by atoms with Crippen molar-refractivity contribution >= 4 is 15.9 Å². The molecule has 1 heterocycles. The molecule has 0 N–H and O–H groups in total. The van der Waals surface area contributed by atoms with Crippen LogP contribution in [0.2, 0.25) is 0 Å². The van der Waals surface area contributed by atoms with Gasteiger partial charge in [-0.1, -0.05) is 51.8 Å². The van der Waals surface area contributed by atoms with Gasteiger partial charge in [0, 0.05) is 11.2 Å². The van der Waals surface area contributed by atoms with Crippen LogP contribution in [0.25, 0.3) is 0 Å². The van der Waals surface area contributed by atoms with E-state index in [1.54, 1.807) is 0 Å². The van der Waals surface area contributed by atoms with Gasteiger partial charge in [-0.15, -0.1) is 0 Å². The lowest BCUT2D eigenvalue weighted by atomic mass is 9.97. The molecule has 0 spiro atoms. The normalized spacial score (nSPS) is 18.2. The van der Waals surface area contributed by atoms with Crippen molar-refractivity contribution in [2.45, 2.75) is 44.5 Å². The van der Waals surface area contributed by atoms with Crippen molar-refractivity contribution in [2.75, 3.05) is 0 Å². The molecule has 1 aliphatic heterocycles. The molecule has 0 bridgehead atoms. The molecule has 21 heavy (non-hydrogen) atoms. The molecule has 3 rings (SSSR count). The summed E-state index contributed by atoms with van der Waals surface area (Å²) in [5.74, 6) is 1.05. The Balaban J connectivity index is 1.81. The van der Waals surface area contributed by atoms with E-state index in [4.69, 9.17) is 4.74 Å². The van der Waals surface area contributed by atoms with E-state index in [0.717, 1.165) is 18.6 Å². The summed E-state index contributed by atoms with van der Waals surface area (Å²) in [4.78, 5) is 0.346. The fourth-order valence-corrected chi connectivity index (χ4v) is 3.60. The molecule has 0 aliphatic carbocycles. The highest BCUT2D eigenvalue weighted by Gasteiger charge is 2.20. The van der Waals surface area contributed by atoms with Gasteiger partial charge in [0.15, 0.2) is 0 Å². The number of aryl methyl sites for hydroxylation is 2. The van der Waals surface area contributed by atoms with Crippen LogP contribution in [-0.2, 0) is 12.8 Å². The van der Waals surface area contributed by atoms with Gasteiger partial charge in [-0.3, -0.25) is 0 Å². The van der Waals surface area contributed by atoms with Gasteiger partial charge in [0.2, 0.25) is 0 Å². The van der Waals surface area contributed by atoms with Crippen molar-refractivity contribution in [1.82, 2.24) is 0 Å². The Labute approximate surface area is 135 Å². The van der Waals surface area contributed by atoms with E-state index in [2.05, 4.69) is 73.1 Å². The summed E-state index contributed by atoms with van der Waals surface area (Å²) in [6.45, 7) is 6.47. The quantitative estimate of drug-likeness (QED) is 0.686. The van der Waals surface area contributed by atoms with Crippen LogP contribution in [0.5, 0.6) is 5.75 Å². The Bertz CT molecular complexity index is 663. The van der Waals surface area contributed by atoms with E-state index in [1.807, 2.05) is 0 Å². The molecule has 0 radical (unpaired) electrons. The number of rotatable bonds is 3. The summed E-state index contributed by atoms with van der Waals surface area (Å²) in [6.07, 6.45) is 2.35. The second kappa shape index (κ2) is 5.84. The highest BCUT2D eigenvalue weighted by molar-refractivity contribution is 9.09. The van der Waals surface area contributed by atoms with Crippen LogP contribution in [0.1, 0.15) is 39.6 Å². The minimum atomic E-state index is 0.308. The summed E-state index contributed by atoms with van der Waals surface area (Å²) in [5.41, 5.74) is 6.79. The third-order valence-electron chi connectivity index (χ3n) is 4.19. The van der Waals surface area contributed by atoms with Gasteiger partial charge in [-0.05, 0) is 55.5 Å². The van der Waals surface area contributed by atoms with Crippen LogP contribution in [-0.4, -0.2) is 6.10 Å². The third-order valence-corrected chi connectivity index (χ3v) is 5.04. The number of hydrogen-bond donors (Lipinski definition) is 0. The fraction of sp³-hybridized carbons (Fsp3) is 0.368. The first-order chi connectivity index (χ1) is 10.0. The molecule has 110 valence electrons. The van der Waals surface area contributed by atoms with Crippen LogP contribution in [0.3, 0.4) is 0 Å². The monoisotopic (exact) mass is 344 g/mol. The number of hydrogen-bond acceptors (Lipinski definition) is 1. The van der Waals surface area contributed by atoms with Crippen LogP contribution in [0, 0.1) is 13.8 Å². The first kappa shape index (κ1) is 14.6. The topological polar surface area (TPSA) is 9.23 Å². The predicted molar refractivity (Wildman–Crippen MR) is 91.5 cm³/mol. The Morgan fingerprint density at radius 3 is 2.81 bits per heavy atom. The van der Waals surface area contributed by atoms with Gasteiger partial charge in [0.1, 0.15) is 11.9 Å². The summed E-state index contributed by atoms with van der Waals surface area (Å²) in [5, 5.41) is 0. The molecule has 0 saturated carbocycles. The summed E-state index contributed by atoms with van der Waals surface area (Å²) in [6, 6.07) is 13.3. The second-order valence-electron chi connectivity index (χ2n) is 6.10. The molecular formula is C19H21BrO. The molecule has 0 saturated heterocycles. The summed E-state index contributed by atoms with van der Waals surface area (Å²) < 4.78 is 5.78. The van der Waals surface area contributed by atoms with Crippen LogP contribution >= 0.6 is 15.9 Å². The van der Waals surface area contributed by atoms with E-state index >= 15 is 0 Å². The van der Waals surface area contributed by atoms with Crippen molar-refractivity contribution in [3.8, 4) is 5.75 Å². The molecule has 1 nitrogen and oxygen atoms in total. The molecule has 2 unspecified atom stereocenters. The Morgan fingerprint density at radius 2 is 2.00 bits per heavy atom. The average molecular weight is 345 g/mol. The van der Waals surface area contributed by atoms with Crippen LogP contribution < -0.4 is 4.74 Å². The molecule has 0 amide bonds. The number of benzene rings is 2. The van der Waals surface area contributed by atoms with E-state index in [-0.39, 0.29) is 0 Å². The third kappa shape index (κ3) is 3.16. The smallest absolute Gasteiger partial charge is 0.123 e. The number of alkyl halides is 1. The summed E-state index contributed by atoms with van der Waals surface area (Å²) >= 11 is 3.86. The largest absolute Gasteiger partial charge is 0.490 e. The van der Waals surface area contributed by atoms with Gasteiger partial charge < -0.3 is 4.74 Å². The number of halogens is 1. The Morgan fingerprint density at radius 1 is 1.19 bits per heavy atom. The zero-order valence-electron chi connectivity index (χ0n) is 12.8. The van der Waals surface area contributed by atoms with Gasteiger partial charge in [0.25, 0.3) is 0 Å². The molecule has 2 aromatic carbocycles. The maximum atomic E-state index is 5.78. The Hall–Kier alpha value is -1.28. The van der Waals surface area contributed by atoms with Crippen molar-refractivity contribution in [2.24, 2.45) is 0 Å². The van der Waals surface area contributed by atoms with Crippen LogP contribution in [0.15, 0.2) is 36.4 Å². The van der Waals surface area contributed by atoms with Crippen molar-refractivity contribution < 1.29 is 4.74 Å². The Kier molecular flexibility index (Phi) is 4.08. The minimum Gasteiger partial charge on any atom is -0.490 e. The second-order valence-corrected chi connectivity index (χ2v) is 7.21. The maximum Gasteiger partial charge on any atom is 0.123 e. The SMILES string of the molecule is Cc1ccc(C)c(CC(Br)c2ccc3c(c2)CC(C)O3)c1. The molecule has 0 aromatic heterocycles. The van der Waals surface area contributed by atoms with E-state index in [9.17, 15) is 0 Å². The van der Waals surface area contributed by atoms with Gasteiger partial charge >= 0.3 is 0 Å². The molecule has 2 aromatic rings. The van der Waals surface area contributed by atoms with Crippen molar-refractivity contribution in [1.29, 1.82) is 0 Å². The van der Waals surface area contributed by atoms with Crippen LogP contribution in [0.4, 0.5) is 0 Å². The van der Waals surface area contributed by atoms with Gasteiger partial charge in [0.05, 0.1) is 0 Å². The lowest BCUT2D eigenvalue weighted by Gasteiger charge is -2.14. The van der Waals surface area contributed by atoms with E-state index < -0.39 is 0 Å². The van der Waals surface area contributed by atoms with E-state index in [0.29, 0.717) is 10.9 Å². The number of ether oxygens (including phenoxy) is 1. The number of fused-ring (bicyclic) bond motifs is 1. The molecular weight excluding hydrogens is 324 g/mol. The van der Waals surface area contributed by atoms with E-state index in [1.165, 1.54) is 27.8 Å². The first-order valence-corrected chi connectivity index (χ1v) is 8.44. The highest BCUT2D eigenvalue weighted by Crippen LogP contribution is 2.35. The average Bonchev–Trinajstić information content (AvgIpc) is 2.81. The van der Waals surface area contributed by atoms with Gasteiger partial charge in [-0.2, -0.15) is 0 Å². The van der Waals surface area contributed by atoms with Crippen molar-refractivity contribution in [3.63, 3.8) is 0 Å². The zero-order valence-corrected chi connectivity index (χ0v) is 14.4. The molecule has 0 fully saturated rings. The zero-order chi connectivity index (χ0) is 15.0. The summed E-state index contributed by atoms with van der Waals surface area (Å²) in [7, 11) is 0. The maximum absolute atomic E-state index is 5.78. The predicted octanol–water partition coefficient (Wildman–Crippen LogP) is 5.31.